The molecule has 1 aliphatic carbocycles. The highest BCUT2D eigenvalue weighted by molar-refractivity contribution is 5.26. The first kappa shape index (κ1) is 10.6. The van der Waals surface area contributed by atoms with Crippen LogP contribution >= 0.6 is 0 Å². The zero-order valence-corrected chi connectivity index (χ0v) is 8.71. The Hall–Kier alpha value is -0.960. The minimum absolute atomic E-state index is 0.0154. The fourth-order valence-electron chi connectivity index (χ4n) is 2.29. The molecule has 82 valence electrons. The first-order chi connectivity index (χ1) is 6.93. The van der Waals surface area contributed by atoms with Crippen LogP contribution in [0.4, 0.5) is 8.78 Å². The third kappa shape index (κ3) is 1.88. The van der Waals surface area contributed by atoms with Gasteiger partial charge < -0.3 is 5.73 Å². The first-order valence-electron chi connectivity index (χ1n) is 5.15. The molecule has 1 unspecified atom stereocenters. The van der Waals surface area contributed by atoms with E-state index in [0.717, 1.165) is 5.56 Å². The molecule has 0 aliphatic heterocycles. The molecule has 0 saturated heterocycles. The normalized spacial score (nSPS) is 24.3. The highest BCUT2D eigenvalue weighted by Gasteiger charge is 2.56. The van der Waals surface area contributed by atoms with Crippen LogP contribution < -0.4 is 5.73 Å². The molecule has 2 rings (SSSR count). The number of rotatable bonds is 2. The number of hydrogen-bond donors (Lipinski definition) is 1. The van der Waals surface area contributed by atoms with Gasteiger partial charge in [-0.05, 0) is 11.5 Å². The van der Waals surface area contributed by atoms with Crippen LogP contribution in [-0.4, -0.2) is 11.5 Å². The number of benzene rings is 1. The lowest BCUT2D eigenvalue weighted by atomic mass is 9.65. The highest BCUT2D eigenvalue weighted by atomic mass is 19.3. The van der Waals surface area contributed by atoms with E-state index in [1.54, 1.807) is 0 Å². The average molecular weight is 211 g/mol. The second kappa shape index (κ2) is 3.27. The molecule has 1 atom stereocenters. The molecule has 1 aromatic carbocycles. The third-order valence-electron chi connectivity index (χ3n) is 3.34. The fourth-order valence-corrected chi connectivity index (χ4v) is 2.29. The summed E-state index contributed by atoms with van der Waals surface area (Å²) in [4.78, 5) is 0. The van der Waals surface area contributed by atoms with E-state index < -0.39 is 11.5 Å². The Kier molecular flexibility index (Phi) is 2.30. The van der Waals surface area contributed by atoms with E-state index >= 15 is 0 Å². The van der Waals surface area contributed by atoms with E-state index in [2.05, 4.69) is 0 Å². The van der Waals surface area contributed by atoms with Crippen molar-refractivity contribution in [1.29, 1.82) is 0 Å². The van der Waals surface area contributed by atoms with Gasteiger partial charge in [0.1, 0.15) is 0 Å². The molecule has 3 heteroatoms. The largest absolute Gasteiger partial charge is 0.324 e. The molecule has 1 aliphatic rings. The van der Waals surface area contributed by atoms with Gasteiger partial charge in [0.15, 0.2) is 0 Å². The average Bonchev–Trinajstić information content (AvgIpc) is 2.15. The summed E-state index contributed by atoms with van der Waals surface area (Å²) >= 11 is 0. The zero-order valence-electron chi connectivity index (χ0n) is 8.71. The maximum Gasteiger partial charge on any atom is 0.251 e. The Morgan fingerprint density at radius 3 is 2.20 bits per heavy atom. The molecule has 2 N–H and O–H groups in total. The van der Waals surface area contributed by atoms with Crippen LogP contribution in [0.3, 0.4) is 0 Å². The third-order valence-corrected chi connectivity index (χ3v) is 3.34. The maximum absolute atomic E-state index is 12.8. The Bertz CT molecular complexity index is 340. The lowest BCUT2D eigenvalue weighted by molar-refractivity contribution is -0.128. The van der Waals surface area contributed by atoms with Crippen LogP contribution in [0.1, 0.15) is 31.2 Å². The molecule has 0 amide bonds. The molecule has 1 fully saturated rings. The van der Waals surface area contributed by atoms with Crippen molar-refractivity contribution >= 4 is 0 Å². The SMILES string of the molecule is CC(c1ccccc1)C1(N)CC(F)(F)C1. The van der Waals surface area contributed by atoms with Gasteiger partial charge in [0.2, 0.25) is 0 Å². The van der Waals surface area contributed by atoms with Gasteiger partial charge in [-0.3, -0.25) is 0 Å². The molecule has 1 saturated carbocycles. The lowest BCUT2D eigenvalue weighted by Crippen LogP contribution is -2.61. The Morgan fingerprint density at radius 1 is 1.20 bits per heavy atom. The van der Waals surface area contributed by atoms with Crippen molar-refractivity contribution in [2.45, 2.75) is 37.1 Å². The van der Waals surface area contributed by atoms with E-state index in [1.165, 1.54) is 0 Å². The van der Waals surface area contributed by atoms with Gasteiger partial charge in [0, 0.05) is 18.4 Å². The van der Waals surface area contributed by atoms with E-state index in [1.807, 2.05) is 37.3 Å². The molecule has 15 heavy (non-hydrogen) atoms. The standard InChI is InChI=1S/C12H15F2N/c1-9(10-5-3-2-4-6-10)11(15)7-12(13,14)8-11/h2-6,9H,7-8,15H2,1H3. The fraction of sp³-hybridized carbons (Fsp3) is 0.500. The highest BCUT2D eigenvalue weighted by Crippen LogP contribution is 2.50. The van der Waals surface area contributed by atoms with Crippen molar-refractivity contribution in [3.05, 3.63) is 35.9 Å². The maximum atomic E-state index is 12.8. The summed E-state index contributed by atoms with van der Waals surface area (Å²) in [7, 11) is 0. The second-order valence-electron chi connectivity index (χ2n) is 4.58. The van der Waals surface area contributed by atoms with Crippen molar-refractivity contribution < 1.29 is 8.78 Å². The van der Waals surface area contributed by atoms with Crippen molar-refractivity contribution in [2.75, 3.05) is 0 Å². The summed E-state index contributed by atoms with van der Waals surface area (Å²) in [6.45, 7) is 1.92. The monoisotopic (exact) mass is 211 g/mol. The Labute approximate surface area is 88.3 Å². The lowest BCUT2D eigenvalue weighted by Gasteiger charge is -2.48. The Morgan fingerprint density at radius 2 is 1.73 bits per heavy atom. The minimum atomic E-state index is -2.56. The molecular weight excluding hydrogens is 196 g/mol. The van der Waals surface area contributed by atoms with Crippen LogP contribution in [0.2, 0.25) is 0 Å². The summed E-state index contributed by atoms with van der Waals surface area (Å²) in [5, 5.41) is 0. The van der Waals surface area contributed by atoms with Crippen LogP contribution in [0, 0.1) is 0 Å². The van der Waals surface area contributed by atoms with Gasteiger partial charge in [0.05, 0.1) is 0 Å². The van der Waals surface area contributed by atoms with Crippen LogP contribution in [0.25, 0.3) is 0 Å². The molecule has 0 heterocycles. The van der Waals surface area contributed by atoms with E-state index in [4.69, 9.17) is 5.73 Å². The predicted molar refractivity (Wildman–Crippen MR) is 56.0 cm³/mol. The van der Waals surface area contributed by atoms with Gasteiger partial charge >= 0.3 is 0 Å². The second-order valence-corrected chi connectivity index (χ2v) is 4.58. The number of halogens is 2. The molecule has 1 nitrogen and oxygen atoms in total. The molecule has 1 aromatic rings. The molecule has 0 radical (unpaired) electrons. The summed E-state index contributed by atoms with van der Waals surface area (Å²) in [6, 6.07) is 9.61. The van der Waals surface area contributed by atoms with Gasteiger partial charge in [0.25, 0.3) is 5.92 Å². The molecule has 0 aromatic heterocycles. The molecule has 0 bridgehead atoms. The van der Waals surface area contributed by atoms with Crippen LogP contribution in [0.5, 0.6) is 0 Å². The summed E-state index contributed by atoms with van der Waals surface area (Å²) in [5.74, 6) is -2.57. The van der Waals surface area contributed by atoms with Crippen molar-refractivity contribution in [3.63, 3.8) is 0 Å². The smallest absolute Gasteiger partial charge is 0.251 e. The topological polar surface area (TPSA) is 26.0 Å². The van der Waals surface area contributed by atoms with Crippen molar-refractivity contribution in [2.24, 2.45) is 5.73 Å². The molecule has 0 spiro atoms. The van der Waals surface area contributed by atoms with Crippen molar-refractivity contribution in [3.8, 4) is 0 Å². The van der Waals surface area contributed by atoms with Gasteiger partial charge in [-0.15, -0.1) is 0 Å². The Balaban J connectivity index is 2.13. The summed E-state index contributed by atoms with van der Waals surface area (Å²) in [6.07, 6.45) is -0.397. The number of hydrogen-bond acceptors (Lipinski definition) is 1. The predicted octanol–water partition coefficient (Wildman–Crippen LogP) is 2.92. The number of alkyl halides is 2. The van der Waals surface area contributed by atoms with Gasteiger partial charge in [-0.2, -0.15) is 0 Å². The molecular formula is C12H15F2N. The van der Waals surface area contributed by atoms with E-state index in [0.29, 0.717) is 0 Å². The minimum Gasteiger partial charge on any atom is -0.324 e. The van der Waals surface area contributed by atoms with E-state index in [-0.39, 0.29) is 18.8 Å². The van der Waals surface area contributed by atoms with Crippen LogP contribution in [0.15, 0.2) is 30.3 Å². The first-order valence-corrected chi connectivity index (χ1v) is 5.15. The van der Waals surface area contributed by atoms with Gasteiger partial charge in [-0.1, -0.05) is 37.3 Å². The van der Waals surface area contributed by atoms with Crippen LogP contribution in [-0.2, 0) is 0 Å². The summed E-state index contributed by atoms with van der Waals surface area (Å²) < 4.78 is 25.7. The van der Waals surface area contributed by atoms with Crippen molar-refractivity contribution in [1.82, 2.24) is 0 Å². The zero-order chi connectivity index (χ0) is 11.1. The quantitative estimate of drug-likeness (QED) is 0.799. The number of nitrogens with two attached hydrogens (primary N) is 1. The summed E-state index contributed by atoms with van der Waals surface area (Å²) in [5.41, 5.74) is 6.28. The van der Waals surface area contributed by atoms with Gasteiger partial charge in [-0.25, -0.2) is 8.78 Å². The van der Waals surface area contributed by atoms with E-state index in [9.17, 15) is 8.78 Å².